The van der Waals surface area contributed by atoms with E-state index in [1.165, 1.54) is 5.69 Å². The molecule has 0 amide bonds. The maximum atomic E-state index is 8.68. The van der Waals surface area contributed by atoms with E-state index in [0.29, 0.717) is 0 Å². The van der Waals surface area contributed by atoms with E-state index in [-0.39, 0.29) is 6.61 Å². The second-order valence-corrected chi connectivity index (χ2v) is 3.55. The molecule has 0 spiro atoms. The van der Waals surface area contributed by atoms with Gasteiger partial charge in [0.1, 0.15) is 5.75 Å². The van der Waals surface area contributed by atoms with Crippen molar-refractivity contribution >= 4 is 5.69 Å². The molecular formula is C12H19NO2. The summed E-state index contributed by atoms with van der Waals surface area (Å²) in [6.07, 6.45) is 1.87. The second kappa shape index (κ2) is 6.30. The first-order valence-electron chi connectivity index (χ1n) is 5.24. The van der Waals surface area contributed by atoms with Crippen molar-refractivity contribution in [3.05, 3.63) is 24.3 Å². The van der Waals surface area contributed by atoms with Gasteiger partial charge in [0.05, 0.1) is 7.11 Å². The molecule has 0 heterocycles. The number of rotatable bonds is 6. The van der Waals surface area contributed by atoms with Gasteiger partial charge in [0, 0.05) is 25.9 Å². The van der Waals surface area contributed by atoms with E-state index in [0.717, 1.165) is 25.1 Å². The molecule has 15 heavy (non-hydrogen) atoms. The SMILES string of the molecule is COc1ccc(N(C)CCCCO)cc1. The average Bonchev–Trinajstić information content (AvgIpc) is 2.29. The predicted molar refractivity (Wildman–Crippen MR) is 62.6 cm³/mol. The average molecular weight is 209 g/mol. The summed E-state index contributed by atoms with van der Waals surface area (Å²) in [5, 5.41) is 8.68. The highest BCUT2D eigenvalue weighted by Gasteiger charge is 2.00. The van der Waals surface area contributed by atoms with Gasteiger partial charge in [-0.1, -0.05) is 0 Å². The third-order valence-corrected chi connectivity index (χ3v) is 2.41. The summed E-state index contributed by atoms with van der Waals surface area (Å²) in [5.41, 5.74) is 1.17. The Labute approximate surface area is 91.3 Å². The van der Waals surface area contributed by atoms with Crippen LogP contribution in [0, 0.1) is 0 Å². The lowest BCUT2D eigenvalue weighted by Crippen LogP contribution is -2.18. The number of nitrogens with zero attached hydrogens (tertiary/aromatic N) is 1. The molecule has 0 atom stereocenters. The van der Waals surface area contributed by atoms with Crippen LogP contribution in [0.4, 0.5) is 5.69 Å². The summed E-state index contributed by atoms with van der Waals surface area (Å²) in [7, 11) is 3.72. The van der Waals surface area contributed by atoms with Crippen molar-refractivity contribution in [2.45, 2.75) is 12.8 Å². The molecule has 1 rings (SSSR count). The molecule has 0 saturated carbocycles. The Morgan fingerprint density at radius 3 is 2.40 bits per heavy atom. The minimum atomic E-state index is 0.274. The van der Waals surface area contributed by atoms with Crippen LogP contribution in [0.2, 0.25) is 0 Å². The van der Waals surface area contributed by atoms with Crippen molar-refractivity contribution in [1.82, 2.24) is 0 Å². The largest absolute Gasteiger partial charge is 0.497 e. The number of ether oxygens (including phenoxy) is 1. The van der Waals surface area contributed by atoms with Crippen LogP contribution >= 0.6 is 0 Å². The third-order valence-electron chi connectivity index (χ3n) is 2.41. The maximum absolute atomic E-state index is 8.68. The molecule has 84 valence electrons. The van der Waals surface area contributed by atoms with E-state index in [4.69, 9.17) is 9.84 Å². The summed E-state index contributed by atoms with van der Waals surface area (Å²) in [5.74, 6) is 0.877. The van der Waals surface area contributed by atoms with Gasteiger partial charge in [-0.25, -0.2) is 0 Å². The van der Waals surface area contributed by atoms with Crippen molar-refractivity contribution in [2.75, 3.05) is 32.2 Å². The maximum Gasteiger partial charge on any atom is 0.119 e. The number of unbranched alkanes of at least 4 members (excludes halogenated alkanes) is 1. The van der Waals surface area contributed by atoms with E-state index < -0.39 is 0 Å². The first-order valence-corrected chi connectivity index (χ1v) is 5.24. The lowest BCUT2D eigenvalue weighted by Gasteiger charge is -2.19. The van der Waals surface area contributed by atoms with E-state index in [9.17, 15) is 0 Å². The summed E-state index contributed by atoms with van der Waals surface area (Å²) in [6.45, 7) is 1.24. The Balaban J connectivity index is 2.46. The minimum Gasteiger partial charge on any atom is -0.497 e. The molecule has 3 heteroatoms. The van der Waals surface area contributed by atoms with Gasteiger partial charge in [0.25, 0.3) is 0 Å². The molecule has 0 saturated heterocycles. The van der Waals surface area contributed by atoms with Gasteiger partial charge in [-0.05, 0) is 37.1 Å². The molecule has 0 aliphatic carbocycles. The fraction of sp³-hybridized carbons (Fsp3) is 0.500. The van der Waals surface area contributed by atoms with Crippen LogP contribution in [0.3, 0.4) is 0 Å². The van der Waals surface area contributed by atoms with Crippen molar-refractivity contribution in [1.29, 1.82) is 0 Å². The normalized spacial score (nSPS) is 10.1. The highest BCUT2D eigenvalue weighted by atomic mass is 16.5. The second-order valence-electron chi connectivity index (χ2n) is 3.55. The summed E-state index contributed by atoms with van der Waals surface area (Å²) >= 11 is 0. The number of aliphatic hydroxyl groups is 1. The molecule has 0 aliphatic heterocycles. The van der Waals surface area contributed by atoms with Crippen LogP contribution in [-0.2, 0) is 0 Å². The van der Waals surface area contributed by atoms with Gasteiger partial charge in [0.2, 0.25) is 0 Å². The van der Waals surface area contributed by atoms with Crippen molar-refractivity contribution in [2.24, 2.45) is 0 Å². The minimum absolute atomic E-state index is 0.274. The monoisotopic (exact) mass is 209 g/mol. The molecular weight excluding hydrogens is 190 g/mol. The highest BCUT2D eigenvalue weighted by Crippen LogP contribution is 2.18. The van der Waals surface area contributed by atoms with Gasteiger partial charge < -0.3 is 14.7 Å². The standard InChI is InChI=1S/C12H19NO2/c1-13(9-3-4-10-14)11-5-7-12(15-2)8-6-11/h5-8,14H,3-4,9-10H2,1-2H3. The lowest BCUT2D eigenvalue weighted by molar-refractivity contribution is 0.285. The first-order chi connectivity index (χ1) is 7.27. The summed E-state index contributed by atoms with van der Waals surface area (Å²) in [6, 6.07) is 7.99. The molecule has 1 aromatic carbocycles. The number of aliphatic hydroxyl groups excluding tert-OH is 1. The Kier molecular flexibility index (Phi) is 4.98. The quantitative estimate of drug-likeness (QED) is 0.726. The zero-order valence-corrected chi connectivity index (χ0v) is 9.44. The van der Waals surface area contributed by atoms with E-state index >= 15 is 0 Å². The first kappa shape index (κ1) is 11.9. The topological polar surface area (TPSA) is 32.7 Å². The summed E-state index contributed by atoms with van der Waals surface area (Å²) < 4.78 is 5.10. The van der Waals surface area contributed by atoms with Gasteiger partial charge in [-0.2, -0.15) is 0 Å². The molecule has 0 bridgehead atoms. The Bertz CT molecular complexity index is 271. The number of hydrogen-bond acceptors (Lipinski definition) is 3. The van der Waals surface area contributed by atoms with Crippen LogP contribution in [0.5, 0.6) is 5.75 Å². The van der Waals surface area contributed by atoms with Crippen molar-refractivity contribution < 1.29 is 9.84 Å². The zero-order valence-electron chi connectivity index (χ0n) is 9.44. The molecule has 1 aromatic rings. The number of benzene rings is 1. The van der Waals surface area contributed by atoms with Crippen LogP contribution in [0.15, 0.2) is 24.3 Å². The van der Waals surface area contributed by atoms with Crippen LogP contribution in [0.25, 0.3) is 0 Å². The highest BCUT2D eigenvalue weighted by molar-refractivity contribution is 5.48. The lowest BCUT2D eigenvalue weighted by atomic mass is 10.2. The molecule has 0 radical (unpaired) electrons. The Hall–Kier alpha value is -1.22. The fourth-order valence-electron chi connectivity index (χ4n) is 1.43. The van der Waals surface area contributed by atoms with Crippen LogP contribution in [0.1, 0.15) is 12.8 Å². The van der Waals surface area contributed by atoms with Crippen molar-refractivity contribution in [3.8, 4) is 5.75 Å². The molecule has 0 fully saturated rings. The van der Waals surface area contributed by atoms with Crippen molar-refractivity contribution in [3.63, 3.8) is 0 Å². The number of anilines is 1. The van der Waals surface area contributed by atoms with Crippen LogP contribution in [-0.4, -0.2) is 32.4 Å². The van der Waals surface area contributed by atoms with E-state index in [2.05, 4.69) is 11.9 Å². The van der Waals surface area contributed by atoms with Gasteiger partial charge in [-0.3, -0.25) is 0 Å². The van der Waals surface area contributed by atoms with E-state index in [1.54, 1.807) is 7.11 Å². The zero-order chi connectivity index (χ0) is 11.1. The molecule has 1 N–H and O–H groups in total. The third kappa shape index (κ3) is 3.80. The number of methoxy groups -OCH3 is 1. The van der Waals surface area contributed by atoms with Gasteiger partial charge >= 0.3 is 0 Å². The van der Waals surface area contributed by atoms with Crippen LogP contribution < -0.4 is 9.64 Å². The number of hydrogen-bond donors (Lipinski definition) is 1. The Morgan fingerprint density at radius 1 is 1.20 bits per heavy atom. The smallest absolute Gasteiger partial charge is 0.119 e. The van der Waals surface area contributed by atoms with Gasteiger partial charge in [0.15, 0.2) is 0 Å². The van der Waals surface area contributed by atoms with E-state index in [1.807, 2.05) is 24.3 Å². The Morgan fingerprint density at radius 2 is 1.87 bits per heavy atom. The summed E-state index contributed by atoms with van der Waals surface area (Å²) in [4.78, 5) is 2.18. The predicted octanol–water partition coefficient (Wildman–Crippen LogP) is 1.90. The van der Waals surface area contributed by atoms with Gasteiger partial charge in [-0.15, -0.1) is 0 Å². The molecule has 0 unspecified atom stereocenters. The molecule has 0 aromatic heterocycles. The molecule has 3 nitrogen and oxygen atoms in total. The molecule has 0 aliphatic rings. The fourth-order valence-corrected chi connectivity index (χ4v) is 1.43.